The summed E-state index contributed by atoms with van der Waals surface area (Å²) in [5.41, 5.74) is 0. The van der Waals surface area contributed by atoms with Crippen LogP contribution in [0.15, 0.2) is 36.5 Å². The summed E-state index contributed by atoms with van der Waals surface area (Å²) < 4.78 is 16.9. The Hall–Kier alpha value is -2.37. The molecule has 0 spiro atoms. The van der Waals surface area contributed by atoms with Crippen LogP contribution in [0, 0.1) is 0 Å². The first-order valence-electron chi connectivity index (χ1n) is 34.5. The standard InChI is InChI=1S/C71H132O6/c1-4-7-10-13-16-19-22-24-26-28-30-32-33-34-35-36-37-39-40-42-44-46-49-52-55-58-61-64-70(73)76-67-68(66-75-69(72)63-60-57-54-51-48-21-18-15-12-9-6-3)77-71(74)65-62-59-56-53-50-47-45-43-41-38-31-29-27-25-23-20-17-14-11-8-5-2/h15,18,28-31,68H,4-14,16-17,19-27,32-67H2,1-3H3/b18-15-,30-28-,31-29-. The Labute approximate surface area is 480 Å². The van der Waals surface area contributed by atoms with Gasteiger partial charge in [-0.3, -0.25) is 14.4 Å². The zero-order valence-corrected chi connectivity index (χ0v) is 52.0. The van der Waals surface area contributed by atoms with E-state index in [9.17, 15) is 14.4 Å². The molecule has 77 heavy (non-hydrogen) atoms. The van der Waals surface area contributed by atoms with Gasteiger partial charge in [0, 0.05) is 19.3 Å². The molecular weight excluding hydrogens is 949 g/mol. The first-order chi connectivity index (χ1) is 38.0. The number of allylic oxidation sites excluding steroid dienone is 6. The first kappa shape index (κ1) is 74.6. The van der Waals surface area contributed by atoms with Crippen LogP contribution in [-0.2, 0) is 28.6 Å². The van der Waals surface area contributed by atoms with E-state index in [1.165, 1.54) is 276 Å². The van der Waals surface area contributed by atoms with Crippen LogP contribution >= 0.6 is 0 Å². The second-order valence-corrected chi connectivity index (χ2v) is 23.4. The molecule has 1 unspecified atom stereocenters. The quantitative estimate of drug-likeness (QED) is 0.0261. The highest BCUT2D eigenvalue weighted by atomic mass is 16.6. The maximum Gasteiger partial charge on any atom is 0.306 e. The third-order valence-electron chi connectivity index (χ3n) is 15.6. The molecule has 6 heteroatoms. The smallest absolute Gasteiger partial charge is 0.306 e. The normalized spacial score (nSPS) is 12.2. The number of rotatable bonds is 64. The molecule has 0 heterocycles. The maximum atomic E-state index is 12.9. The summed E-state index contributed by atoms with van der Waals surface area (Å²) in [5.74, 6) is -0.860. The zero-order chi connectivity index (χ0) is 55.7. The van der Waals surface area contributed by atoms with Gasteiger partial charge in [0.15, 0.2) is 6.10 Å². The van der Waals surface area contributed by atoms with Crippen molar-refractivity contribution in [2.45, 2.75) is 386 Å². The van der Waals surface area contributed by atoms with E-state index >= 15 is 0 Å². The van der Waals surface area contributed by atoms with Crippen molar-refractivity contribution in [3.63, 3.8) is 0 Å². The summed E-state index contributed by atoms with van der Waals surface area (Å²) in [7, 11) is 0. The first-order valence-corrected chi connectivity index (χ1v) is 34.5. The van der Waals surface area contributed by atoms with Crippen molar-refractivity contribution >= 4 is 17.9 Å². The van der Waals surface area contributed by atoms with E-state index in [4.69, 9.17) is 14.2 Å². The fourth-order valence-electron chi connectivity index (χ4n) is 10.4. The summed E-state index contributed by atoms with van der Waals surface area (Å²) in [6.07, 6.45) is 81.8. The van der Waals surface area contributed by atoms with Crippen LogP contribution in [0.1, 0.15) is 380 Å². The molecule has 0 radical (unpaired) electrons. The van der Waals surface area contributed by atoms with Gasteiger partial charge in [-0.15, -0.1) is 0 Å². The maximum absolute atomic E-state index is 12.9. The average molecular weight is 1080 g/mol. The Morgan fingerprint density at radius 3 is 0.688 bits per heavy atom. The number of carbonyl (C=O) groups excluding carboxylic acids is 3. The highest BCUT2D eigenvalue weighted by Gasteiger charge is 2.19. The third-order valence-corrected chi connectivity index (χ3v) is 15.6. The average Bonchev–Trinajstić information content (AvgIpc) is 3.43. The summed E-state index contributed by atoms with van der Waals surface area (Å²) in [6, 6.07) is 0. The number of ether oxygens (including phenoxy) is 3. The van der Waals surface area contributed by atoms with Crippen LogP contribution in [0.3, 0.4) is 0 Å². The fourth-order valence-corrected chi connectivity index (χ4v) is 10.4. The Morgan fingerprint density at radius 1 is 0.247 bits per heavy atom. The van der Waals surface area contributed by atoms with Gasteiger partial charge in [-0.2, -0.15) is 0 Å². The fraction of sp³-hybridized carbons (Fsp3) is 0.873. The molecule has 0 aliphatic heterocycles. The molecule has 0 aliphatic carbocycles. The van der Waals surface area contributed by atoms with Crippen LogP contribution in [0.2, 0.25) is 0 Å². The molecule has 0 aliphatic rings. The highest BCUT2D eigenvalue weighted by Crippen LogP contribution is 2.18. The van der Waals surface area contributed by atoms with Gasteiger partial charge < -0.3 is 14.2 Å². The van der Waals surface area contributed by atoms with Gasteiger partial charge in [0.25, 0.3) is 0 Å². The van der Waals surface area contributed by atoms with Crippen molar-refractivity contribution in [2.24, 2.45) is 0 Å². The van der Waals surface area contributed by atoms with Crippen molar-refractivity contribution < 1.29 is 28.6 Å². The number of hydrogen-bond acceptors (Lipinski definition) is 6. The van der Waals surface area contributed by atoms with Crippen LogP contribution in [0.5, 0.6) is 0 Å². The molecule has 452 valence electrons. The largest absolute Gasteiger partial charge is 0.462 e. The minimum absolute atomic E-state index is 0.0718. The van der Waals surface area contributed by atoms with E-state index in [1.807, 2.05) is 0 Å². The summed E-state index contributed by atoms with van der Waals surface area (Å²) in [6.45, 7) is 6.66. The topological polar surface area (TPSA) is 78.9 Å². The van der Waals surface area contributed by atoms with E-state index in [0.29, 0.717) is 19.3 Å². The lowest BCUT2D eigenvalue weighted by atomic mass is 10.0. The van der Waals surface area contributed by atoms with Crippen LogP contribution in [-0.4, -0.2) is 37.2 Å². The predicted octanol–water partition coefficient (Wildman–Crippen LogP) is 23.6. The van der Waals surface area contributed by atoms with E-state index < -0.39 is 6.10 Å². The van der Waals surface area contributed by atoms with Crippen LogP contribution in [0.4, 0.5) is 0 Å². The number of esters is 3. The highest BCUT2D eigenvalue weighted by molar-refractivity contribution is 5.71. The molecule has 0 saturated carbocycles. The van der Waals surface area contributed by atoms with Crippen LogP contribution in [0.25, 0.3) is 0 Å². The lowest BCUT2D eigenvalue weighted by molar-refractivity contribution is -0.167. The van der Waals surface area contributed by atoms with Gasteiger partial charge in [0.2, 0.25) is 0 Å². The van der Waals surface area contributed by atoms with Crippen LogP contribution < -0.4 is 0 Å². The Kier molecular flexibility index (Phi) is 64.1. The van der Waals surface area contributed by atoms with Crippen molar-refractivity contribution in [1.82, 2.24) is 0 Å². The molecule has 0 fully saturated rings. The molecule has 0 aromatic heterocycles. The van der Waals surface area contributed by atoms with Gasteiger partial charge in [-0.05, 0) is 89.9 Å². The summed E-state index contributed by atoms with van der Waals surface area (Å²) >= 11 is 0. The number of hydrogen-bond donors (Lipinski definition) is 0. The summed E-state index contributed by atoms with van der Waals surface area (Å²) in [5, 5.41) is 0. The second kappa shape index (κ2) is 66.1. The Balaban J connectivity index is 4.18. The van der Waals surface area contributed by atoms with Gasteiger partial charge in [0.05, 0.1) is 0 Å². The molecule has 1 atom stereocenters. The van der Waals surface area contributed by atoms with E-state index in [2.05, 4.69) is 57.2 Å². The van der Waals surface area contributed by atoms with E-state index in [1.54, 1.807) is 0 Å². The molecule has 0 amide bonds. The molecule has 0 bridgehead atoms. The minimum Gasteiger partial charge on any atom is -0.462 e. The molecule has 0 aromatic rings. The Morgan fingerprint density at radius 2 is 0.442 bits per heavy atom. The predicted molar refractivity (Wildman–Crippen MR) is 335 cm³/mol. The molecule has 0 saturated heterocycles. The monoisotopic (exact) mass is 1080 g/mol. The van der Waals surface area contributed by atoms with Crippen molar-refractivity contribution in [3.8, 4) is 0 Å². The van der Waals surface area contributed by atoms with Crippen molar-refractivity contribution in [1.29, 1.82) is 0 Å². The lowest BCUT2D eigenvalue weighted by Crippen LogP contribution is -2.30. The molecule has 6 nitrogen and oxygen atoms in total. The lowest BCUT2D eigenvalue weighted by Gasteiger charge is -2.18. The van der Waals surface area contributed by atoms with Gasteiger partial charge in [0.1, 0.15) is 13.2 Å². The second-order valence-electron chi connectivity index (χ2n) is 23.4. The SMILES string of the molecule is CCCC/C=C\CCCCCCCC(=O)OCC(COC(=O)CCCCCCCCCCCCCCCCC/C=C\CCCCCCCCCC)OC(=O)CCCCCCCCCCC/C=C\CCCCCCCCCC. The van der Waals surface area contributed by atoms with Gasteiger partial charge in [-0.25, -0.2) is 0 Å². The van der Waals surface area contributed by atoms with E-state index in [0.717, 1.165) is 64.2 Å². The molecule has 0 rings (SSSR count). The number of carbonyl (C=O) groups is 3. The molecule has 0 N–H and O–H groups in total. The van der Waals surface area contributed by atoms with E-state index in [-0.39, 0.29) is 31.1 Å². The number of unbranched alkanes of at least 4 members (excludes halogenated alkanes) is 47. The Bertz CT molecular complexity index is 1290. The zero-order valence-electron chi connectivity index (χ0n) is 52.0. The third kappa shape index (κ3) is 64.3. The summed E-state index contributed by atoms with van der Waals surface area (Å²) in [4.78, 5) is 38.3. The van der Waals surface area contributed by atoms with Gasteiger partial charge in [-0.1, -0.05) is 308 Å². The van der Waals surface area contributed by atoms with Gasteiger partial charge >= 0.3 is 17.9 Å². The minimum atomic E-state index is -0.775. The van der Waals surface area contributed by atoms with Crippen molar-refractivity contribution in [2.75, 3.05) is 13.2 Å². The molecule has 0 aromatic carbocycles. The molecular formula is C71H132O6. The van der Waals surface area contributed by atoms with Crippen molar-refractivity contribution in [3.05, 3.63) is 36.5 Å².